The van der Waals surface area contributed by atoms with E-state index in [0.29, 0.717) is 16.9 Å². The quantitative estimate of drug-likeness (QED) is 0.494. The Kier molecular flexibility index (Phi) is 4.67. The van der Waals surface area contributed by atoms with Gasteiger partial charge in [0.05, 0.1) is 16.9 Å². The smallest absolute Gasteiger partial charge is 0.338 e. The molecule has 0 atom stereocenters. The van der Waals surface area contributed by atoms with Crippen molar-refractivity contribution >= 4 is 17.3 Å². The summed E-state index contributed by atoms with van der Waals surface area (Å²) in [6.07, 6.45) is 1.44. The van der Waals surface area contributed by atoms with E-state index in [2.05, 4.69) is 20.5 Å². The molecule has 0 N–H and O–H groups in total. The molecule has 27 heavy (non-hydrogen) atoms. The molecule has 134 valence electrons. The van der Waals surface area contributed by atoms with Gasteiger partial charge in [0.1, 0.15) is 23.8 Å². The largest absolute Gasteiger partial charge is 0.456 e. The third-order valence-electron chi connectivity index (χ3n) is 3.69. The van der Waals surface area contributed by atoms with E-state index in [1.807, 2.05) is 5.38 Å². The summed E-state index contributed by atoms with van der Waals surface area (Å²) in [6.45, 7) is 0.0473. The van der Waals surface area contributed by atoms with Crippen molar-refractivity contribution in [3.8, 4) is 16.3 Å². The number of rotatable bonds is 5. The summed E-state index contributed by atoms with van der Waals surface area (Å²) in [5.41, 5.74) is 2.48. The highest BCUT2D eigenvalue weighted by Gasteiger charge is 2.11. The lowest BCUT2D eigenvalue weighted by atomic mass is 10.2. The third kappa shape index (κ3) is 3.87. The summed E-state index contributed by atoms with van der Waals surface area (Å²) < 4.78 is 19.8. The zero-order chi connectivity index (χ0) is 18.6. The molecule has 0 radical (unpaired) electrons. The SMILES string of the molecule is O=C(OCc1csc(-c2ccc(F)cc2)n1)c1cccc(-n2cnnn2)c1. The fourth-order valence-electron chi connectivity index (χ4n) is 2.38. The van der Waals surface area contributed by atoms with E-state index in [9.17, 15) is 9.18 Å². The van der Waals surface area contributed by atoms with Gasteiger partial charge < -0.3 is 4.74 Å². The van der Waals surface area contributed by atoms with Crippen LogP contribution in [0.1, 0.15) is 16.1 Å². The molecule has 7 nitrogen and oxygen atoms in total. The van der Waals surface area contributed by atoms with Crippen molar-refractivity contribution in [1.82, 2.24) is 25.2 Å². The number of benzene rings is 2. The molecule has 2 aromatic heterocycles. The van der Waals surface area contributed by atoms with Gasteiger partial charge in [-0.15, -0.1) is 16.4 Å². The fraction of sp³-hybridized carbons (Fsp3) is 0.0556. The number of thiazole rings is 1. The van der Waals surface area contributed by atoms with E-state index >= 15 is 0 Å². The van der Waals surface area contributed by atoms with E-state index in [1.165, 1.54) is 34.5 Å². The summed E-state index contributed by atoms with van der Waals surface area (Å²) in [5, 5.41) is 13.5. The predicted octanol–water partition coefficient (Wildman–Crippen LogP) is 3.28. The molecule has 4 rings (SSSR count). The van der Waals surface area contributed by atoms with Gasteiger partial charge in [-0.1, -0.05) is 6.07 Å². The molecule has 9 heteroatoms. The maximum absolute atomic E-state index is 13.0. The standard InChI is InChI=1S/C18H12FN5O2S/c19-14-6-4-12(5-7-14)17-21-15(10-27-17)9-26-18(25)13-2-1-3-16(8-13)24-11-20-22-23-24/h1-8,10-11H,9H2. The van der Waals surface area contributed by atoms with Crippen LogP contribution in [0.25, 0.3) is 16.3 Å². The number of tetrazole rings is 1. The highest BCUT2D eigenvalue weighted by Crippen LogP contribution is 2.24. The number of ether oxygens (including phenoxy) is 1. The van der Waals surface area contributed by atoms with E-state index < -0.39 is 5.97 Å². The van der Waals surface area contributed by atoms with Gasteiger partial charge in [0.2, 0.25) is 0 Å². The van der Waals surface area contributed by atoms with Crippen LogP contribution in [0.3, 0.4) is 0 Å². The molecule has 2 aromatic carbocycles. The Hall–Kier alpha value is -3.46. The number of carbonyl (C=O) groups excluding carboxylic acids is 1. The molecule has 0 aliphatic carbocycles. The molecule has 2 heterocycles. The second-order valence-corrected chi connectivity index (χ2v) is 6.39. The van der Waals surface area contributed by atoms with Crippen LogP contribution in [0, 0.1) is 5.82 Å². The van der Waals surface area contributed by atoms with Gasteiger partial charge in [0.25, 0.3) is 0 Å². The van der Waals surface area contributed by atoms with Crippen molar-refractivity contribution in [2.24, 2.45) is 0 Å². The number of hydrogen-bond donors (Lipinski definition) is 0. The highest BCUT2D eigenvalue weighted by atomic mass is 32.1. The van der Waals surface area contributed by atoms with E-state index in [4.69, 9.17) is 4.74 Å². The van der Waals surface area contributed by atoms with Gasteiger partial charge in [-0.25, -0.2) is 18.9 Å². The molecular weight excluding hydrogens is 369 g/mol. The molecule has 0 saturated carbocycles. The number of halogens is 1. The van der Waals surface area contributed by atoms with Gasteiger partial charge in [-0.05, 0) is 52.9 Å². The minimum atomic E-state index is -0.471. The summed E-state index contributed by atoms with van der Waals surface area (Å²) >= 11 is 1.41. The molecule has 0 saturated heterocycles. The van der Waals surface area contributed by atoms with Crippen molar-refractivity contribution in [2.45, 2.75) is 6.61 Å². The first-order valence-electron chi connectivity index (χ1n) is 7.90. The lowest BCUT2D eigenvalue weighted by Crippen LogP contribution is -2.06. The van der Waals surface area contributed by atoms with Crippen molar-refractivity contribution in [1.29, 1.82) is 0 Å². The molecular formula is C18H12FN5O2S. The normalized spacial score (nSPS) is 10.7. The zero-order valence-electron chi connectivity index (χ0n) is 13.8. The summed E-state index contributed by atoms with van der Waals surface area (Å²) in [6, 6.07) is 12.9. The van der Waals surface area contributed by atoms with Gasteiger partial charge in [-0.2, -0.15) is 0 Å². The topological polar surface area (TPSA) is 82.8 Å². The Balaban J connectivity index is 1.43. The Labute approximate surface area is 157 Å². The van der Waals surface area contributed by atoms with Crippen LogP contribution in [0.5, 0.6) is 0 Å². The second-order valence-electron chi connectivity index (χ2n) is 5.53. The van der Waals surface area contributed by atoms with Crippen molar-refractivity contribution < 1.29 is 13.9 Å². The maximum Gasteiger partial charge on any atom is 0.338 e. The van der Waals surface area contributed by atoms with Crippen molar-refractivity contribution in [3.05, 3.63) is 77.3 Å². The lowest BCUT2D eigenvalue weighted by molar-refractivity contribution is 0.0468. The molecule has 0 amide bonds. The van der Waals surface area contributed by atoms with Gasteiger partial charge in [-0.3, -0.25) is 0 Å². The number of hydrogen-bond acceptors (Lipinski definition) is 7. The van der Waals surface area contributed by atoms with E-state index in [0.717, 1.165) is 10.6 Å². The van der Waals surface area contributed by atoms with Crippen LogP contribution in [-0.4, -0.2) is 31.2 Å². The van der Waals surface area contributed by atoms with Crippen LogP contribution in [0.2, 0.25) is 0 Å². The van der Waals surface area contributed by atoms with E-state index in [-0.39, 0.29) is 12.4 Å². The lowest BCUT2D eigenvalue weighted by Gasteiger charge is -2.05. The van der Waals surface area contributed by atoms with Crippen molar-refractivity contribution in [2.75, 3.05) is 0 Å². The molecule has 0 aliphatic rings. The fourth-order valence-corrected chi connectivity index (χ4v) is 3.19. The monoisotopic (exact) mass is 381 g/mol. The number of aromatic nitrogens is 5. The third-order valence-corrected chi connectivity index (χ3v) is 4.63. The Bertz CT molecular complexity index is 1060. The molecule has 0 bridgehead atoms. The Morgan fingerprint density at radius 2 is 2.04 bits per heavy atom. The van der Waals surface area contributed by atoms with Gasteiger partial charge in [0, 0.05) is 10.9 Å². The average Bonchev–Trinajstić information content (AvgIpc) is 3.39. The summed E-state index contributed by atoms with van der Waals surface area (Å²) in [5.74, 6) is -0.769. The van der Waals surface area contributed by atoms with Crippen LogP contribution in [-0.2, 0) is 11.3 Å². The summed E-state index contributed by atoms with van der Waals surface area (Å²) in [4.78, 5) is 16.7. The Morgan fingerprint density at radius 3 is 2.81 bits per heavy atom. The molecule has 0 spiro atoms. The van der Waals surface area contributed by atoms with Crippen LogP contribution >= 0.6 is 11.3 Å². The highest BCUT2D eigenvalue weighted by molar-refractivity contribution is 7.13. The predicted molar refractivity (Wildman–Crippen MR) is 95.8 cm³/mol. The number of carbonyl (C=O) groups is 1. The first-order valence-corrected chi connectivity index (χ1v) is 8.78. The molecule has 0 aliphatic heterocycles. The molecule has 0 fully saturated rings. The Morgan fingerprint density at radius 1 is 1.19 bits per heavy atom. The first-order chi connectivity index (χ1) is 13.2. The number of esters is 1. The van der Waals surface area contributed by atoms with Gasteiger partial charge >= 0.3 is 5.97 Å². The first kappa shape index (κ1) is 17.0. The van der Waals surface area contributed by atoms with Crippen LogP contribution in [0.15, 0.2) is 60.2 Å². The minimum absolute atomic E-state index is 0.0473. The van der Waals surface area contributed by atoms with E-state index in [1.54, 1.807) is 36.4 Å². The van der Waals surface area contributed by atoms with Crippen LogP contribution in [0.4, 0.5) is 4.39 Å². The zero-order valence-corrected chi connectivity index (χ0v) is 14.6. The van der Waals surface area contributed by atoms with Crippen molar-refractivity contribution in [3.63, 3.8) is 0 Å². The molecule has 0 unspecified atom stereocenters. The minimum Gasteiger partial charge on any atom is -0.456 e. The average molecular weight is 381 g/mol. The van der Waals surface area contributed by atoms with Crippen LogP contribution < -0.4 is 0 Å². The number of nitrogens with zero attached hydrogens (tertiary/aromatic N) is 5. The second kappa shape index (κ2) is 7.42. The molecule has 4 aromatic rings. The van der Waals surface area contributed by atoms with Gasteiger partial charge in [0.15, 0.2) is 0 Å². The maximum atomic E-state index is 13.0. The summed E-state index contributed by atoms with van der Waals surface area (Å²) in [7, 11) is 0.